The molecule has 4 nitrogen and oxygen atoms in total. The molecule has 0 atom stereocenters. The summed E-state index contributed by atoms with van der Waals surface area (Å²) in [4.78, 5) is 10.0. The maximum atomic E-state index is 4.55. The van der Waals surface area contributed by atoms with Gasteiger partial charge in [-0.3, -0.25) is 4.68 Å². The summed E-state index contributed by atoms with van der Waals surface area (Å²) in [7, 11) is 1.91. The summed E-state index contributed by atoms with van der Waals surface area (Å²) >= 11 is 1.65. The Kier molecular flexibility index (Phi) is 2.00. The first kappa shape index (κ1) is 9.47. The molecule has 0 fully saturated rings. The molecule has 0 spiro atoms. The Labute approximate surface area is 96.6 Å². The summed E-state index contributed by atoms with van der Waals surface area (Å²) in [5, 5.41) is 6.36. The largest absolute Gasteiger partial charge is 0.264 e. The number of rotatable bonds is 1. The molecule has 3 rings (SSSR count). The molecule has 0 bridgehead atoms. The van der Waals surface area contributed by atoms with E-state index in [0.717, 1.165) is 27.4 Å². The molecule has 16 heavy (non-hydrogen) atoms. The summed E-state index contributed by atoms with van der Waals surface area (Å²) in [6.07, 6.45) is 1.83. The Balaban J connectivity index is 2.27. The molecule has 0 aliphatic heterocycles. The van der Waals surface area contributed by atoms with Gasteiger partial charge in [-0.15, -0.1) is 11.3 Å². The lowest BCUT2D eigenvalue weighted by molar-refractivity contribution is 0.782. The molecule has 0 N–H and O–H groups in total. The number of thiophene rings is 1. The highest BCUT2D eigenvalue weighted by atomic mass is 32.1. The number of aromatic nitrogens is 4. The highest BCUT2D eigenvalue weighted by Gasteiger charge is 2.09. The average molecular weight is 230 g/mol. The van der Waals surface area contributed by atoms with Crippen molar-refractivity contribution in [3.05, 3.63) is 29.4 Å². The van der Waals surface area contributed by atoms with Crippen molar-refractivity contribution in [1.82, 2.24) is 19.7 Å². The first-order valence-electron chi connectivity index (χ1n) is 4.96. The van der Waals surface area contributed by atoms with Gasteiger partial charge in [0.25, 0.3) is 0 Å². The molecule has 0 aliphatic carbocycles. The lowest BCUT2D eigenvalue weighted by Crippen LogP contribution is -1.91. The lowest BCUT2D eigenvalue weighted by Gasteiger charge is -1.96. The molecular weight excluding hydrogens is 220 g/mol. The molecule has 3 aromatic heterocycles. The zero-order valence-electron chi connectivity index (χ0n) is 9.01. The minimum atomic E-state index is 0.776. The van der Waals surface area contributed by atoms with Crippen molar-refractivity contribution in [2.45, 2.75) is 6.92 Å². The molecule has 0 amide bonds. The maximum Gasteiger partial charge on any atom is 0.170 e. The second-order valence-corrected chi connectivity index (χ2v) is 4.56. The van der Waals surface area contributed by atoms with E-state index in [9.17, 15) is 0 Å². The molecule has 0 aromatic carbocycles. The quantitative estimate of drug-likeness (QED) is 0.644. The molecule has 0 unspecified atom stereocenters. The molecule has 5 heteroatoms. The van der Waals surface area contributed by atoms with Gasteiger partial charge in [-0.05, 0) is 18.4 Å². The van der Waals surface area contributed by atoms with Crippen molar-refractivity contribution in [3.63, 3.8) is 0 Å². The third kappa shape index (κ3) is 1.32. The van der Waals surface area contributed by atoms with Crippen molar-refractivity contribution in [2.75, 3.05) is 0 Å². The fraction of sp³-hybridized carbons (Fsp3) is 0.182. The Morgan fingerprint density at radius 2 is 2.25 bits per heavy atom. The van der Waals surface area contributed by atoms with E-state index in [1.807, 2.05) is 42.4 Å². The monoisotopic (exact) mass is 230 g/mol. The van der Waals surface area contributed by atoms with Crippen LogP contribution in [0.4, 0.5) is 0 Å². The third-order valence-electron chi connectivity index (χ3n) is 2.50. The van der Waals surface area contributed by atoms with Gasteiger partial charge in [0.05, 0.1) is 16.8 Å². The van der Waals surface area contributed by atoms with Crippen LogP contribution in [0.5, 0.6) is 0 Å². The van der Waals surface area contributed by atoms with Crippen molar-refractivity contribution in [2.24, 2.45) is 7.05 Å². The van der Waals surface area contributed by atoms with Crippen LogP contribution in [0.25, 0.3) is 21.7 Å². The minimum Gasteiger partial charge on any atom is -0.264 e. The normalized spacial score (nSPS) is 11.1. The molecule has 3 heterocycles. The number of hydrogen-bond donors (Lipinski definition) is 0. The van der Waals surface area contributed by atoms with Gasteiger partial charge in [-0.1, -0.05) is 6.07 Å². The maximum absolute atomic E-state index is 4.55. The molecule has 3 aromatic rings. The van der Waals surface area contributed by atoms with Gasteiger partial charge >= 0.3 is 0 Å². The van der Waals surface area contributed by atoms with Gasteiger partial charge in [-0.25, -0.2) is 9.97 Å². The van der Waals surface area contributed by atoms with Crippen molar-refractivity contribution < 1.29 is 0 Å². The zero-order valence-corrected chi connectivity index (χ0v) is 9.82. The highest BCUT2D eigenvalue weighted by Crippen LogP contribution is 2.23. The molecule has 80 valence electrons. The number of nitrogens with zero attached hydrogens (tertiary/aromatic N) is 4. The smallest absolute Gasteiger partial charge is 0.170 e. The van der Waals surface area contributed by atoms with Gasteiger partial charge in [0, 0.05) is 7.05 Å². The predicted octanol–water partition coefficient (Wildman–Crippen LogP) is 2.40. The number of hydrogen-bond acceptors (Lipinski definition) is 4. The summed E-state index contributed by atoms with van der Waals surface area (Å²) in [6.45, 7) is 1.97. The Hall–Kier alpha value is -1.75. The minimum absolute atomic E-state index is 0.776. The van der Waals surface area contributed by atoms with E-state index < -0.39 is 0 Å². The standard InChI is InChI=1S/C11H10N4S/c1-7-10-8(15(2)14-7)6-12-11(13-10)9-4-3-5-16-9/h3-6H,1-2H3. The summed E-state index contributed by atoms with van der Waals surface area (Å²) in [6, 6.07) is 4.03. The van der Waals surface area contributed by atoms with Crippen LogP contribution in [0.3, 0.4) is 0 Å². The van der Waals surface area contributed by atoms with E-state index >= 15 is 0 Å². The van der Waals surface area contributed by atoms with Crippen molar-refractivity contribution >= 4 is 22.4 Å². The lowest BCUT2D eigenvalue weighted by atomic mass is 10.3. The van der Waals surface area contributed by atoms with E-state index in [4.69, 9.17) is 0 Å². The summed E-state index contributed by atoms with van der Waals surface area (Å²) < 4.78 is 1.81. The van der Waals surface area contributed by atoms with Crippen LogP contribution in [0, 0.1) is 6.92 Å². The molecule has 0 saturated heterocycles. The molecule has 0 saturated carbocycles. The van der Waals surface area contributed by atoms with Crippen LogP contribution >= 0.6 is 11.3 Å². The van der Waals surface area contributed by atoms with Crippen LogP contribution in [-0.2, 0) is 7.05 Å². The number of aryl methyl sites for hydroxylation is 2. The fourth-order valence-electron chi connectivity index (χ4n) is 1.73. The molecule has 0 radical (unpaired) electrons. The van der Waals surface area contributed by atoms with Gasteiger partial charge < -0.3 is 0 Å². The van der Waals surface area contributed by atoms with E-state index in [1.165, 1.54) is 0 Å². The van der Waals surface area contributed by atoms with Crippen LogP contribution in [0.2, 0.25) is 0 Å². The first-order chi connectivity index (χ1) is 7.75. The van der Waals surface area contributed by atoms with Gasteiger partial charge in [0.15, 0.2) is 5.82 Å². The van der Waals surface area contributed by atoms with Crippen LogP contribution in [0.15, 0.2) is 23.7 Å². The Bertz CT molecular complexity index is 639. The first-order valence-corrected chi connectivity index (χ1v) is 5.84. The van der Waals surface area contributed by atoms with Crippen molar-refractivity contribution in [3.8, 4) is 10.7 Å². The Morgan fingerprint density at radius 3 is 3.00 bits per heavy atom. The predicted molar refractivity (Wildman–Crippen MR) is 64.4 cm³/mol. The van der Waals surface area contributed by atoms with Gasteiger partial charge in [0.2, 0.25) is 0 Å². The van der Waals surface area contributed by atoms with E-state index in [0.29, 0.717) is 0 Å². The average Bonchev–Trinajstić information content (AvgIpc) is 2.88. The van der Waals surface area contributed by atoms with E-state index in [-0.39, 0.29) is 0 Å². The van der Waals surface area contributed by atoms with Crippen LogP contribution < -0.4 is 0 Å². The molecular formula is C11H10N4S. The third-order valence-corrected chi connectivity index (χ3v) is 3.37. The van der Waals surface area contributed by atoms with E-state index in [2.05, 4.69) is 15.1 Å². The second-order valence-electron chi connectivity index (χ2n) is 3.61. The topological polar surface area (TPSA) is 43.6 Å². The van der Waals surface area contributed by atoms with Gasteiger partial charge in [-0.2, -0.15) is 5.10 Å². The SMILES string of the molecule is Cc1nn(C)c2cnc(-c3cccs3)nc12. The second kappa shape index (κ2) is 3.38. The summed E-state index contributed by atoms with van der Waals surface area (Å²) in [5.74, 6) is 0.776. The van der Waals surface area contributed by atoms with E-state index in [1.54, 1.807) is 11.3 Å². The Morgan fingerprint density at radius 1 is 1.38 bits per heavy atom. The number of fused-ring (bicyclic) bond motifs is 1. The fourth-order valence-corrected chi connectivity index (χ4v) is 2.39. The van der Waals surface area contributed by atoms with Crippen molar-refractivity contribution in [1.29, 1.82) is 0 Å². The highest BCUT2D eigenvalue weighted by molar-refractivity contribution is 7.13. The van der Waals surface area contributed by atoms with Gasteiger partial charge in [0.1, 0.15) is 11.0 Å². The molecule has 0 aliphatic rings. The van der Waals surface area contributed by atoms with Crippen LogP contribution in [0.1, 0.15) is 5.69 Å². The van der Waals surface area contributed by atoms with Crippen LogP contribution in [-0.4, -0.2) is 19.7 Å². The summed E-state index contributed by atoms with van der Waals surface area (Å²) in [5.41, 5.74) is 2.84. The zero-order chi connectivity index (χ0) is 11.1.